The molecule has 1 amide bonds. The van der Waals surface area contributed by atoms with Crippen molar-refractivity contribution in [3.63, 3.8) is 0 Å². The lowest BCUT2D eigenvalue weighted by Crippen LogP contribution is -2.40. The number of hydrogen-bond donors (Lipinski definition) is 4. The van der Waals surface area contributed by atoms with Gasteiger partial charge in [0.15, 0.2) is 5.96 Å². The molecule has 0 bridgehead atoms. The lowest BCUT2D eigenvalue weighted by molar-refractivity contribution is -0.114. The molecule has 0 fully saturated rings. The van der Waals surface area contributed by atoms with Gasteiger partial charge in [0.05, 0.1) is 0 Å². The van der Waals surface area contributed by atoms with Gasteiger partial charge in [-0.25, -0.2) is 4.99 Å². The lowest BCUT2D eigenvalue weighted by atomic mass is 10.0. The second-order valence-electron chi connectivity index (χ2n) is 6.35. The van der Waals surface area contributed by atoms with Crippen molar-refractivity contribution in [2.24, 2.45) is 10.9 Å². The number of guanidine groups is 1. The number of rotatable bonds is 11. The average molecular weight is 490 g/mol. The number of halogens is 1. The van der Waals surface area contributed by atoms with Crippen molar-refractivity contribution >= 4 is 41.5 Å². The van der Waals surface area contributed by atoms with Crippen LogP contribution in [-0.2, 0) is 11.2 Å². The van der Waals surface area contributed by atoms with E-state index >= 15 is 0 Å². The quantitative estimate of drug-likeness (QED) is 0.218. The molecule has 1 unspecified atom stereocenters. The molecule has 6 nitrogen and oxygen atoms in total. The summed E-state index contributed by atoms with van der Waals surface area (Å²) in [5.74, 6) is 0.888. The summed E-state index contributed by atoms with van der Waals surface area (Å²) in [6.07, 6.45) is 3.85. The predicted molar refractivity (Wildman–Crippen MR) is 124 cm³/mol. The number of aryl methyl sites for hydroxylation is 1. The van der Waals surface area contributed by atoms with Crippen LogP contribution in [0.5, 0.6) is 0 Å². The van der Waals surface area contributed by atoms with Crippen LogP contribution in [0.25, 0.3) is 0 Å². The first kappa shape index (κ1) is 25.6. The third-order valence-electron chi connectivity index (χ3n) is 4.14. The molecular formula is C20H35IN4O2. The molecule has 0 aliphatic carbocycles. The van der Waals surface area contributed by atoms with E-state index < -0.39 is 0 Å². The highest BCUT2D eigenvalue weighted by Gasteiger charge is 2.09. The number of nitrogens with zero attached hydrogens (tertiary/aromatic N) is 1. The number of carbonyl (C=O) groups is 1. The Morgan fingerprint density at radius 1 is 1.19 bits per heavy atom. The van der Waals surface area contributed by atoms with Crippen LogP contribution in [0.15, 0.2) is 29.3 Å². The minimum Gasteiger partial charge on any atom is -0.396 e. The van der Waals surface area contributed by atoms with Crippen molar-refractivity contribution in [2.45, 2.75) is 46.5 Å². The van der Waals surface area contributed by atoms with E-state index in [0.717, 1.165) is 44.5 Å². The Kier molecular flexibility index (Phi) is 14.9. The minimum atomic E-state index is -0.143. The summed E-state index contributed by atoms with van der Waals surface area (Å²) in [5, 5.41) is 18.5. The van der Waals surface area contributed by atoms with E-state index in [2.05, 4.69) is 34.8 Å². The van der Waals surface area contributed by atoms with Crippen molar-refractivity contribution in [2.75, 3.05) is 31.6 Å². The molecule has 27 heavy (non-hydrogen) atoms. The van der Waals surface area contributed by atoms with Crippen molar-refractivity contribution < 1.29 is 9.90 Å². The highest BCUT2D eigenvalue weighted by atomic mass is 127. The van der Waals surface area contributed by atoms with Gasteiger partial charge in [-0.2, -0.15) is 0 Å². The number of hydrogen-bond acceptors (Lipinski definition) is 3. The average Bonchev–Trinajstić information content (AvgIpc) is 2.64. The van der Waals surface area contributed by atoms with Crippen LogP contribution in [0.2, 0.25) is 0 Å². The summed E-state index contributed by atoms with van der Waals surface area (Å²) in [5.41, 5.74) is 1.99. The van der Waals surface area contributed by atoms with Crippen LogP contribution < -0.4 is 16.0 Å². The third-order valence-corrected chi connectivity index (χ3v) is 4.14. The Morgan fingerprint density at radius 3 is 2.59 bits per heavy atom. The lowest BCUT2D eigenvalue weighted by Gasteiger charge is -2.18. The number of carbonyl (C=O) groups excluding carboxylic acids is 1. The van der Waals surface area contributed by atoms with Gasteiger partial charge in [-0.1, -0.05) is 32.4 Å². The van der Waals surface area contributed by atoms with Crippen LogP contribution in [0.1, 0.15) is 45.6 Å². The number of aliphatic hydroxyl groups excluding tert-OH is 1. The van der Waals surface area contributed by atoms with Crippen LogP contribution in [-0.4, -0.2) is 43.2 Å². The van der Waals surface area contributed by atoms with Crippen molar-refractivity contribution in [3.05, 3.63) is 29.8 Å². The topological polar surface area (TPSA) is 85.8 Å². The van der Waals surface area contributed by atoms with Gasteiger partial charge in [0, 0.05) is 25.4 Å². The molecule has 1 aromatic carbocycles. The Bertz CT molecular complexity index is 561. The molecule has 0 radical (unpaired) electrons. The van der Waals surface area contributed by atoms with E-state index in [-0.39, 0.29) is 43.0 Å². The van der Waals surface area contributed by atoms with E-state index in [1.54, 1.807) is 0 Å². The molecule has 1 atom stereocenters. The molecule has 0 aliphatic heterocycles. The molecule has 0 heterocycles. The zero-order chi connectivity index (χ0) is 19.2. The van der Waals surface area contributed by atoms with E-state index in [4.69, 9.17) is 5.11 Å². The van der Waals surface area contributed by atoms with Crippen LogP contribution >= 0.6 is 24.0 Å². The van der Waals surface area contributed by atoms with Gasteiger partial charge in [-0.05, 0) is 49.8 Å². The zero-order valence-electron chi connectivity index (χ0n) is 16.8. The fraction of sp³-hybridized carbons (Fsp3) is 0.600. The van der Waals surface area contributed by atoms with Gasteiger partial charge in [0.1, 0.15) is 6.54 Å². The Morgan fingerprint density at radius 2 is 1.96 bits per heavy atom. The van der Waals surface area contributed by atoms with Crippen molar-refractivity contribution in [1.29, 1.82) is 0 Å². The first-order valence-corrected chi connectivity index (χ1v) is 9.64. The number of aliphatic hydroxyl groups is 1. The number of benzene rings is 1. The maximum atomic E-state index is 12.2. The van der Waals surface area contributed by atoms with E-state index in [0.29, 0.717) is 11.9 Å². The maximum Gasteiger partial charge on any atom is 0.246 e. The molecular weight excluding hydrogens is 455 g/mol. The second kappa shape index (κ2) is 15.7. The highest BCUT2D eigenvalue weighted by Crippen LogP contribution is 2.11. The minimum absolute atomic E-state index is 0. The van der Waals surface area contributed by atoms with E-state index in [1.807, 2.05) is 31.2 Å². The standard InChI is InChI=1S/C20H34N4O2.HI/c1-4-8-17(11-12-25)14-22-20(21-6-3)23-15-19(26)24-18-10-7-9-16(5-2)13-18;/h7,9-10,13,17,25H,4-6,8,11-12,14-15H2,1-3H3,(H,24,26)(H2,21,22,23);1H. The van der Waals surface area contributed by atoms with Gasteiger partial charge in [-0.3, -0.25) is 4.79 Å². The molecule has 0 aliphatic rings. The molecule has 7 heteroatoms. The molecule has 1 rings (SSSR count). The molecule has 0 spiro atoms. The first-order chi connectivity index (χ1) is 12.6. The molecule has 0 saturated heterocycles. The number of nitrogens with one attached hydrogen (secondary N) is 3. The van der Waals surface area contributed by atoms with Gasteiger partial charge in [-0.15, -0.1) is 24.0 Å². The van der Waals surface area contributed by atoms with Gasteiger partial charge >= 0.3 is 0 Å². The van der Waals surface area contributed by atoms with Crippen LogP contribution in [0.4, 0.5) is 5.69 Å². The molecule has 4 N–H and O–H groups in total. The monoisotopic (exact) mass is 490 g/mol. The molecule has 0 aromatic heterocycles. The smallest absolute Gasteiger partial charge is 0.246 e. The highest BCUT2D eigenvalue weighted by molar-refractivity contribution is 14.0. The summed E-state index contributed by atoms with van der Waals surface area (Å²) in [6, 6.07) is 7.85. The first-order valence-electron chi connectivity index (χ1n) is 9.64. The molecule has 0 saturated carbocycles. The van der Waals surface area contributed by atoms with E-state index in [9.17, 15) is 4.79 Å². The van der Waals surface area contributed by atoms with Crippen molar-refractivity contribution in [3.8, 4) is 0 Å². The van der Waals surface area contributed by atoms with Gasteiger partial charge in [0.2, 0.25) is 5.91 Å². The Labute approximate surface area is 180 Å². The van der Waals surface area contributed by atoms with Gasteiger partial charge in [0.25, 0.3) is 0 Å². The Balaban J connectivity index is 0.00000676. The van der Waals surface area contributed by atoms with E-state index in [1.165, 1.54) is 5.56 Å². The summed E-state index contributed by atoms with van der Waals surface area (Å²) < 4.78 is 0. The zero-order valence-corrected chi connectivity index (χ0v) is 19.1. The normalized spacial score (nSPS) is 12.1. The van der Waals surface area contributed by atoms with Gasteiger partial charge < -0.3 is 21.1 Å². The number of amides is 1. The van der Waals surface area contributed by atoms with Crippen LogP contribution in [0, 0.1) is 5.92 Å². The summed E-state index contributed by atoms with van der Waals surface area (Å²) in [6.45, 7) is 7.93. The largest absolute Gasteiger partial charge is 0.396 e. The predicted octanol–water partition coefficient (Wildman–Crippen LogP) is 3.16. The fourth-order valence-electron chi connectivity index (χ4n) is 2.74. The summed E-state index contributed by atoms with van der Waals surface area (Å²) >= 11 is 0. The summed E-state index contributed by atoms with van der Waals surface area (Å²) in [7, 11) is 0. The van der Waals surface area contributed by atoms with Crippen molar-refractivity contribution in [1.82, 2.24) is 10.6 Å². The third kappa shape index (κ3) is 11.2. The number of aliphatic imine (C=N–C) groups is 1. The second-order valence-corrected chi connectivity index (χ2v) is 6.35. The van der Waals surface area contributed by atoms with Crippen LogP contribution in [0.3, 0.4) is 0 Å². The molecule has 154 valence electrons. The fourth-order valence-corrected chi connectivity index (χ4v) is 2.74. The number of anilines is 1. The molecule has 1 aromatic rings. The maximum absolute atomic E-state index is 12.2. The Hall–Kier alpha value is -1.35. The summed E-state index contributed by atoms with van der Waals surface area (Å²) in [4.78, 5) is 16.5. The SMILES string of the molecule is CCCC(CCO)CNC(=NCC(=O)Nc1cccc(CC)c1)NCC.I.